The van der Waals surface area contributed by atoms with Crippen LogP contribution in [0.2, 0.25) is 0 Å². The van der Waals surface area contributed by atoms with Gasteiger partial charge in [0.25, 0.3) is 0 Å². The number of nitrogens with zero attached hydrogens (tertiary/aromatic N) is 1. The Morgan fingerprint density at radius 1 is 1.38 bits per heavy atom. The molecule has 2 amide bonds. The molecule has 0 unspecified atom stereocenters. The molecule has 1 aliphatic heterocycles. The minimum Gasteiger partial charge on any atom is -0.474 e. The highest BCUT2D eigenvalue weighted by Crippen LogP contribution is 2.16. The summed E-state index contributed by atoms with van der Waals surface area (Å²) in [5.41, 5.74) is 5.00. The number of carboxylic acid groups (broad SMARTS) is 1. The fourth-order valence-electron chi connectivity index (χ4n) is 1.43. The van der Waals surface area contributed by atoms with Crippen LogP contribution >= 0.6 is 0 Å². The van der Waals surface area contributed by atoms with Crippen LogP contribution < -0.4 is 5.73 Å². The largest absolute Gasteiger partial charge is 0.474 e. The minimum absolute atomic E-state index is 0.290. The summed E-state index contributed by atoms with van der Waals surface area (Å²) in [6, 6.07) is -0.747. The number of hydrogen-bond donors (Lipinski definition) is 2. The van der Waals surface area contributed by atoms with Gasteiger partial charge in [-0.2, -0.15) is 0 Å². The SMILES string of the molecule is NC(=O)[C@H]1CCCN1C(=O)C(=O)O. The van der Waals surface area contributed by atoms with Crippen molar-refractivity contribution >= 4 is 17.8 Å². The molecule has 0 bridgehead atoms. The van der Waals surface area contributed by atoms with E-state index in [9.17, 15) is 14.4 Å². The van der Waals surface area contributed by atoms with E-state index < -0.39 is 23.8 Å². The molecule has 1 atom stereocenters. The maximum atomic E-state index is 11.0. The minimum atomic E-state index is -1.55. The molecule has 0 aromatic rings. The maximum Gasteiger partial charge on any atom is 0.394 e. The number of primary amides is 1. The van der Waals surface area contributed by atoms with E-state index in [1.54, 1.807) is 0 Å². The van der Waals surface area contributed by atoms with Gasteiger partial charge in [-0.05, 0) is 12.8 Å². The smallest absolute Gasteiger partial charge is 0.394 e. The van der Waals surface area contributed by atoms with Gasteiger partial charge in [-0.15, -0.1) is 0 Å². The van der Waals surface area contributed by atoms with E-state index >= 15 is 0 Å². The second-order valence-electron chi connectivity index (χ2n) is 2.86. The summed E-state index contributed by atoms with van der Waals surface area (Å²) in [6.07, 6.45) is 1.07. The highest BCUT2D eigenvalue weighted by atomic mass is 16.4. The van der Waals surface area contributed by atoms with Crippen LogP contribution in [0.15, 0.2) is 0 Å². The normalized spacial score (nSPS) is 21.5. The van der Waals surface area contributed by atoms with Crippen molar-refractivity contribution in [2.24, 2.45) is 5.73 Å². The first-order chi connectivity index (χ1) is 6.04. The van der Waals surface area contributed by atoms with Gasteiger partial charge in [0.2, 0.25) is 5.91 Å². The number of carbonyl (C=O) groups excluding carboxylic acids is 2. The molecule has 0 radical (unpaired) electrons. The van der Waals surface area contributed by atoms with Crippen LogP contribution in [0, 0.1) is 0 Å². The third-order valence-electron chi connectivity index (χ3n) is 2.03. The number of hydrogen-bond acceptors (Lipinski definition) is 3. The van der Waals surface area contributed by atoms with Crippen LogP contribution in [0.4, 0.5) is 0 Å². The topological polar surface area (TPSA) is 101 Å². The lowest BCUT2D eigenvalue weighted by Crippen LogP contribution is -2.46. The number of amides is 2. The van der Waals surface area contributed by atoms with E-state index in [0.717, 1.165) is 4.90 Å². The molecule has 0 aromatic carbocycles. The van der Waals surface area contributed by atoms with Crippen molar-refractivity contribution in [3.05, 3.63) is 0 Å². The Hall–Kier alpha value is -1.59. The highest BCUT2D eigenvalue weighted by molar-refractivity contribution is 6.31. The van der Waals surface area contributed by atoms with Crippen LogP contribution in [0.5, 0.6) is 0 Å². The fraction of sp³-hybridized carbons (Fsp3) is 0.571. The molecule has 1 saturated heterocycles. The summed E-state index contributed by atoms with van der Waals surface area (Å²) >= 11 is 0. The zero-order valence-electron chi connectivity index (χ0n) is 6.90. The first kappa shape index (κ1) is 9.50. The van der Waals surface area contributed by atoms with Gasteiger partial charge >= 0.3 is 11.9 Å². The van der Waals surface area contributed by atoms with Gasteiger partial charge < -0.3 is 15.7 Å². The number of rotatable bonds is 1. The van der Waals surface area contributed by atoms with Crippen molar-refractivity contribution < 1.29 is 19.5 Å². The van der Waals surface area contributed by atoms with Crippen molar-refractivity contribution in [1.82, 2.24) is 4.90 Å². The zero-order valence-corrected chi connectivity index (χ0v) is 6.90. The lowest BCUT2D eigenvalue weighted by molar-refractivity contribution is -0.157. The van der Waals surface area contributed by atoms with Gasteiger partial charge in [-0.3, -0.25) is 9.59 Å². The molecular formula is C7H10N2O4. The lowest BCUT2D eigenvalue weighted by atomic mass is 10.2. The predicted molar refractivity (Wildman–Crippen MR) is 41.6 cm³/mol. The molecule has 1 aliphatic rings. The molecule has 72 valence electrons. The van der Waals surface area contributed by atoms with Gasteiger partial charge in [0.15, 0.2) is 0 Å². The quantitative estimate of drug-likeness (QED) is 0.489. The first-order valence-electron chi connectivity index (χ1n) is 3.87. The standard InChI is InChI=1S/C7H10N2O4/c8-5(10)4-2-1-3-9(4)6(11)7(12)13/h4H,1-3H2,(H2,8,10)(H,12,13)/t4-/m1/s1. The predicted octanol–water partition coefficient (Wildman–Crippen LogP) is -1.45. The molecular weight excluding hydrogens is 176 g/mol. The van der Waals surface area contributed by atoms with E-state index in [1.807, 2.05) is 0 Å². The molecule has 0 spiro atoms. The van der Waals surface area contributed by atoms with Crippen molar-refractivity contribution in [3.8, 4) is 0 Å². The molecule has 13 heavy (non-hydrogen) atoms. The Morgan fingerprint density at radius 2 is 2.00 bits per heavy atom. The number of carbonyl (C=O) groups is 3. The Bertz CT molecular complexity index is 263. The number of likely N-dealkylation sites (tertiary alicyclic amines) is 1. The number of nitrogens with two attached hydrogens (primary N) is 1. The lowest BCUT2D eigenvalue weighted by Gasteiger charge is -2.19. The maximum absolute atomic E-state index is 11.0. The van der Waals surface area contributed by atoms with Gasteiger partial charge in [-0.25, -0.2) is 4.79 Å². The summed E-state index contributed by atoms with van der Waals surface area (Å²) in [7, 11) is 0. The Morgan fingerprint density at radius 3 is 2.46 bits per heavy atom. The monoisotopic (exact) mass is 186 g/mol. The molecule has 1 rings (SSSR count). The van der Waals surface area contributed by atoms with Crippen LogP contribution in [0.1, 0.15) is 12.8 Å². The molecule has 1 fully saturated rings. The van der Waals surface area contributed by atoms with E-state index in [2.05, 4.69) is 0 Å². The molecule has 0 saturated carbocycles. The third-order valence-corrected chi connectivity index (χ3v) is 2.03. The third kappa shape index (κ3) is 1.77. The van der Waals surface area contributed by atoms with Crippen molar-refractivity contribution in [2.75, 3.05) is 6.54 Å². The Balaban J connectivity index is 2.74. The van der Waals surface area contributed by atoms with Gasteiger partial charge in [0.05, 0.1) is 0 Å². The first-order valence-corrected chi connectivity index (χ1v) is 3.87. The summed E-state index contributed by atoms with van der Waals surface area (Å²) in [5.74, 6) is -3.25. The van der Waals surface area contributed by atoms with Crippen LogP contribution in [-0.2, 0) is 14.4 Å². The van der Waals surface area contributed by atoms with Gasteiger partial charge in [0.1, 0.15) is 6.04 Å². The Labute approximate surface area is 74.3 Å². The summed E-state index contributed by atoms with van der Waals surface area (Å²) in [5, 5.41) is 8.40. The molecule has 6 heteroatoms. The number of carboxylic acids is 1. The second kappa shape index (κ2) is 3.42. The molecule has 0 aromatic heterocycles. The average molecular weight is 186 g/mol. The second-order valence-corrected chi connectivity index (χ2v) is 2.86. The molecule has 1 heterocycles. The molecule has 0 aliphatic carbocycles. The van der Waals surface area contributed by atoms with E-state index in [1.165, 1.54) is 0 Å². The average Bonchev–Trinajstić information content (AvgIpc) is 2.50. The van der Waals surface area contributed by atoms with Crippen molar-refractivity contribution in [2.45, 2.75) is 18.9 Å². The van der Waals surface area contributed by atoms with E-state index in [4.69, 9.17) is 10.8 Å². The fourth-order valence-corrected chi connectivity index (χ4v) is 1.43. The van der Waals surface area contributed by atoms with Crippen LogP contribution in [-0.4, -0.2) is 40.4 Å². The summed E-state index contributed by atoms with van der Waals surface area (Å²) in [4.78, 5) is 33.1. The Kier molecular flexibility index (Phi) is 2.50. The van der Waals surface area contributed by atoms with E-state index in [-0.39, 0.29) is 0 Å². The van der Waals surface area contributed by atoms with Gasteiger partial charge in [-0.1, -0.05) is 0 Å². The number of aliphatic carboxylic acids is 1. The van der Waals surface area contributed by atoms with Crippen LogP contribution in [0.25, 0.3) is 0 Å². The molecule has 3 N–H and O–H groups in total. The van der Waals surface area contributed by atoms with Crippen LogP contribution in [0.3, 0.4) is 0 Å². The van der Waals surface area contributed by atoms with E-state index in [0.29, 0.717) is 19.4 Å². The van der Waals surface area contributed by atoms with Crippen molar-refractivity contribution in [3.63, 3.8) is 0 Å². The van der Waals surface area contributed by atoms with Gasteiger partial charge in [0, 0.05) is 6.54 Å². The van der Waals surface area contributed by atoms with Crippen molar-refractivity contribution in [1.29, 1.82) is 0 Å². The summed E-state index contributed by atoms with van der Waals surface area (Å²) < 4.78 is 0. The molecule has 6 nitrogen and oxygen atoms in total. The zero-order chi connectivity index (χ0) is 10.0. The summed E-state index contributed by atoms with van der Waals surface area (Å²) in [6.45, 7) is 0.290. The highest BCUT2D eigenvalue weighted by Gasteiger charge is 2.35.